The Balaban J connectivity index is 2.09. The van der Waals surface area contributed by atoms with Crippen molar-refractivity contribution in [3.05, 3.63) is 23.8 Å². The van der Waals surface area contributed by atoms with E-state index in [1.165, 1.54) is 0 Å². The molecular formula is C15H21N3O3. The first-order valence-corrected chi connectivity index (χ1v) is 6.92. The summed E-state index contributed by atoms with van der Waals surface area (Å²) in [5, 5.41) is 6.03. The second kappa shape index (κ2) is 6.13. The van der Waals surface area contributed by atoms with E-state index in [0.717, 1.165) is 5.56 Å². The number of ether oxygens (including phenoxy) is 1. The van der Waals surface area contributed by atoms with E-state index < -0.39 is 0 Å². The zero-order chi connectivity index (χ0) is 15.6. The SMILES string of the molecule is CC(NC(C)c1ccc2c(c1)NC(=O)CO2)C(=O)N(C)C. The molecule has 1 aromatic carbocycles. The van der Waals surface area contributed by atoms with Gasteiger partial charge in [-0.1, -0.05) is 6.07 Å². The Labute approximate surface area is 124 Å². The van der Waals surface area contributed by atoms with Gasteiger partial charge in [-0.25, -0.2) is 0 Å². The first-order chi connectivity index (χ1) is 9.88. The zero-order valence-corrected chi connectivity index (χ0v) is 12.8. The molecule has 1 aliphatic heterocycles. The van der Waals surface area contributed by atoms with E-state index in [1.54, 1.807) is 19.0 Å². The number of nitrogens with one attached hydrogen (secondary N) is 2. The third-order valence-electron chi connectivity index (χ3n) is 3.45. The molecule has 2 amide bonds. The minimum absolute atomic E-state index is 0.0203. The number of benzene rings is 1. The summed E-state index contributed by atoms with van der Waals surface area (Å²) in [5.41, 5.74) is 1.65. The molecule has 0 fully saturated rings. The van der Waals surface area contributed by atoms with Crippen LogP contribution in [0.25, 0.3) is 0 Å². The van der Waals surface area contributed by atoms with Crippen molar-refractivity contribution in [3.63, 3.8) is 0 Å². The lowest BCUT2D eigenvalue weighted by atomic mass is 10.1. The third-order valence-corrected chi connectivity index (χ3v) is 3.45. The average molecular weight is 291 g/mol. The summed E-state index contributed by atoms with van der Waals surface area (Å²) < 4.78 is 5.33. The summed E-state index contributed by atoms with van der Waals surface area (Å²) in [4.78, 5) is 24.8. The van der Waals surface area contributed by atoms with Gasteiger partial charge in [0, 0.05) is 20.1 Å². The first-order valence-electron chi connectivity index (χ1n) is 6.92. The van der Waals surface area contributed by atoms with Crippen molar-refractivity contribution in [1.29, 1.82) is 0 Å². The summed E-state index contributed by atoms with van der Waals surface area (Å²) in [6.45, 7) is 3.86. The average Bonchev–Trinajstić information content (AvgIpc) is 2.45. The smallest absolute Gasteiger partial charge is 0.262 e. The predicted octanol–water partition coefficient (Wildman–Crippen LogP) is 1.14. The number of amides is 2. The van der Waals surface area contributed by atoms with Gasteiger partial charge in [-0.2, -0.15) is 0 Å². The maximum Gasteiger partial charge on any atom is 0.262 e. The van der Waals surface area contributed by atoms with Crippen LogP contribution in [-0.4, -0.2) is 43.5 Å². The van der Waals surface area contributed by atoms with E-state index in [2.05, 4.69) is 10.6 Å². The number of nitrogens with zero attached hydrogens (tertiary/aromatic N) is 1. The van der Waals surface area contributed by atoms with E-state index >= 15 is 0 Å². The van der Waals surface area contributed by atoms with Gasteiger partial charge in [-0.3, -0.25) is 14.9 Å². The Bertz CT molecular complexity index is 557. The first kappa shape index (κ1) is 15.3. The van der Waals surface area contributed by atoms with Crippen LogP contribution in [0.15, 0.2) is 18.2 Å². The Hall–Kier alpha value is -2.08. The van der Waals surface area contributed by atoms with Crippen LogP contribution in [0.2, 0.25) is 0 Å². The fraction of sp³-hybridized carbons (Fsp3) is 0.467. The van der Waals surface area contributed by atoms with Gasteiger partial charge in [0.05, 0.1) is 11.7 Å². The fourth-order valence-electron chi connectivity index (χ4n) is 2.30. The van der Waals surface area contributed by atoms with E-state index in [4.69, 9.17) is 4.74 Å². The number of rotatable bonds is 4. The molecule has 2 N–H and O–H groups in total. The normalized spacial score (nSPS) is 16.3. The lowest BCUT2D eigenvalue weighted by Crippen LogP contribution is -2.42. The lowest BCUT2D eigenvalue weighted by molar-refractivity contribution is -0.130. The molecule has 0 bridgehead atoms. The molecule has 1 heterocycles. The predicted molar refractivity (Wildman–Crippen MR) is 80.3 cm³/mol. The second-order valence-electron chi connectivity index (χ2n) is 5.44. The molecule has 0 saturated carbocycles. The highest BCUT2D eigenvalue weighted by Crippen LogP contribution is 2.30. The standard InChI is InChI=1S/C15H21N3O3/c1-9(16-10(2)15(20)18(3)4)11-5-6-13-12(7-11)17-14(19)8-21-13/h5-7,9-10,16H,8H2,1-4H3,(H,17,19). The van der Waals surface area contributed by atoms with Crippen LogP contribution in [0.5, 0.6) is 5.75 Å². The Morgan fingerprint density at radius 2 is 2.10 bits per heavy atom. The van der Waals surface area contributed by atoms with Gasteiger partial charge in [0.2, 0.25) is 5.91 Å². The summed E-state index contributed by atoms with van der Waals surface area (Å²) in [6, 6.07) is 5.34. The largest absolute Gasteiger partial charge is 0.482 e. The van der Waals surface area contributed by atoms with Gasteiger partial charge >= 0.3 is 0 Å². The maximum absolute atomic E-state index is 11.9. The number of carbonyl (C=O) groups excluding carboxylic acids is 2. The highest BCUT2D eigenvalue weighted by molar-refractivity contribution is 5.95. The van der Waals surface area contributed by atoms with Crippen molar-refractivity contribution in [3.8, 4) is 5.75 Å². The molecule has 21 heavy (non-hydrogen) atoms. The van der Waals surface area contributed by atoms with Crippen LogP contribution in [0.1, 0.15) is 25.5 Å². The van der Waals surface area contributed by atoms with E-state index in [1.807, 2.05) is 32.0 Å². The molecule has 2 rings (SSSR count). The Kier molecular flexibility index (Phi) is 4.47. The molecule has 114 valence electrons. The topological polar surface area (TPSA) is 70.7 Å². The third kappa shape index (κ3) is 3.52. The molecule has 6 nitrogen and oxygen atoms in total. The van der Waals surface area contributed by atoms with Crippen LogP contribution in [-0.2, 0) is 9.59 Å². The molecule has 0 aromatic heterocycles. The Morgan fingerprint density at radius 1 is 1.38 bits per heavy atom. The van der Waals surface area contributed by atoms with E-state index in [-0.39, 0.29) is 30.5 Å². The van der Waals surface area contributed by atoms with Crippen molar-refractivity contribution >= 4 is 17.5 Å². The van der Waals surface area contributed by atoms with Gasteiger partial charge in [0.15, 0.2) is 6.61 Å². The zero-order valence-electron chi connectivity index (χ0n) is 12.8. The summed E-state index contributed by atoms with van der Waals surface area (Å²) >= 11 is 0. The summed E-state index contributed by atoms with van der Waals surface area (Å²) in [5.74, 6) is 0.538. The molecule has 2 atom stereocenters. The molecule has 0 saturated heterocycles. The van der Waals surface area contributed by atoms with Crippen LogP contribution in [0.3, 0.4) is 0 Å². The summed E-state index contributed by atoms with van der Waals surface area (Å²) in [6.07, 6.45) is 0. The highest BCUT2D eigenvalue weighted by atomic mass is 16.5. The van der Waals surface area contributed by atoms with Crippen LogP contribution in [0, 0.1) is 0 Å². The highest BCUT2D eigenvalue weighted by Gasteiger charge is 2.20. The second-order valence-corrected chi connectivity index (χ2v) is 5.44. The number of likely N-dealkylation sites (N-methyl/N-ethyl adjacent to an activating group) is 1. The van der Waals surface area contributed by atoms with Crippen molar-refractivity contribution in [2.24, 2.45) is 0 Å². The van der Waals surface area contributed by atoms with E-state index in [9.17, 15) is 9.59 Å². The molecular weight excluding hydrogens is 270 g/mol. The van der Waals surface area contributed by atoms with Crippen molar-refractivity contribution < 1.29 is 14.3 Å². The van der Waals surface area contributed by atoms with Gasteiger partial charge in [-0.15, -0.1) is 0 Å². The van der Waals surface area contributed by atoms with Gasteiger partial charge in [-0.05, 0) is 31.5 Å². The molecule has 0 spiro atoms. The van der Waals surface area contributed by atoms with Crippen LogP contribution in [0.4, 0.5) is 5.69 Å². The fourth-order valence-corrected chi connectivity index (χ4v) is 2.30. The van der Waals surface area contributed by atoms with E-state index in [0.29, 0.717) is 11.4 Å². The number of carbonyl (C=O) groups is 2. The van der Waals surface area contributed by atoms with Crippen molar-refractivity contribution in [1.82, 2.24) is 10.2 Å². The monoisotopic (exact) mass is 291 g/mol. The Morgan fingerprint density at radius 3 is 2.76 bits per heavy atom. The quantitative estimate of drug-likeness (QED) is 0.873. The van der Waals surface area contributed by atoms with Gasteiger partial charge in [0.1, 0.15) is 5.75 Å². The summed E-state index contributed by atoms with van der Waals surface area (Å²) in [7, 11) is 3.47. The number of fused-ring (bicyclic) bond motifs is 1. The molecule has 0 aliphatic carbocycles. The van der Waals surface area contributed by atoms with Crippen molar-refractivity contribution in [2.75, 3.05) is 26.0 Å². The molecule has 6 heteroatoms. The minimum atomic E-state index is -0.281. The maximum atomic E-state index is 11.9. The number of anilines is 1. The van der Waals surface area contributed by atoms with Crippen molar-refractivity contribution in [2.45, 2.75) is 25.9 Å². The molecule has 1 aromatic rings. The van der Waals surface area contributed by atoms with Gasteiger partial charge in [0.25, 0.3) is 5.91 Å². The molecule has 1 aliphatic rings. The molecule has 0 radical (unpaired) electrons. The number of hydrogen-bond donors (Lipinski definition) is 2. The van der Waals surface area contributed by atoms with Crippen LogP contribution < -0.4 is 15.4 Å². The van der Waals surface area contributed by atoms with Crippen LogP contribution >= 0.6 is 0 Å². The van der Waals surface area contributed by atoms with Gasteiger partial charge < -0.3 is 15.0 Å². The lowest BCUT2D eigenvalue weighted by Gasteiger charge is -2.24. The minimum Gasteiger partial charge on any atom is -0.482 e. The number of hydrogen-bond acceptors (Lipinski definition) is 4. The molecule has 2 unspecified atom stereocenters.